The summed E-state index contributed by atoms with van der Waals surface area (Å²) in [4.78, 5) is 25.6. The first-order valence-electron chi connectivity index (χ1n) is 9.98. The van der Waals surface area contributed by atoms with Crippen LogP contribution >= 0.6 is 0 Å². The quantitative estimate of drug-likeness (QED) is 0.788. The molecule has 152 valence electrons. The van der Waals surface area contributed by atoms with E-state index in [1.165, 1.54) is 0 Å². The first-order chi connectivity index (χ1) is 14.2. The molecule has 0 bridgehead atoms. The number of nitrogens with zero attached hydrogens (tertiary/aromatic N) is 1. The first kappa shape index (κ1) is 19.1. The van der Waals surface area contributed by atoms with Crippen molar-refractivity contribution in [1.29, 1.82) is 0 Å². The molecule has 1 saturated heterocycles. The van der Waals surface area contributed by atoms with Crippen LogP contribution in [-0.2, 0) is 17.8 Å². The molecule has 0 aromatic heterocycles. The predicted octanol–water partition coefficient (Wildman–Crippen LogP) is 2.63. The van der Waals surface area contributed by atoms with Crippen LogP contribution in [-0.4, -0.2) is 38.2 Å². The lowest BCUT2D eigenvalue weighted by Gasteiger charge is -2.19. The van der Waals surface area contributed by atoms with E-state index < -0.39 is 0 Å². The summed E-state index contributed by atoms with van der Waals surface area (Å²) in [5.41, 5.74) is 2.99. The van der Waals surface area contributed by atoms with E-state index in [0.717, 1.165) is 41.3 Å². The van der Waals surface area contributed by atoms with Gasteiger partial charge >= 0.3 is 6.03 Å². The van der Waals surface area contributed by atoms with E-state index in [0.29, 0.717) is 39.1 Å². The lowest BCUT2D eigenvalue weighted by Crippen LogP contribution is -2.36. The van der Waals surface area contributed by atoms with Crippen LogP contribution in [0, 0.1) is 0 Å². The van der Waals surface area contributed by atoms with Crippen molar-refractivity contribution in [2.45, 2.75) is 25.8 Å². The van der Waals surface area contributed by atoms with Gasteiger partial charge in [0.15, 0.2) is 11.5 Å². The number of rotatable bonds is 6. The number of anilines is 1. The fourth-order valence-electron chi connectivity index (χ4n) is 3.52. The molecule has 2 heterocycles. The number of ether oxygens (including phenoxy) is 2. The second-order valence-electron chi connectivity index (χ2n) is 7.15. The topological polar surface area (TPSA) is 79.9 Å². The predicted molar refractivity (Wildman–Crippen MR) is 109 cm³/mol. The lowest BCUT2D eigenvalue weighted by atomic mass is 10.1. The van der Waals surface area contributed by atoms with Gasteiger partial charge in [-0.05, 0) is 48.2 Å². The molecule has 0 radical (unpaired) electrons. The number of hydrogen-bond acceptors (Lipinski definition) is 4. The fraction of sp³-hybridized carbons (Fsp3) is 0.364. The number of nitrogens with one attached hydrogen (secondary N) is 2. The van der Waals surface area contributed by atoms with Crippen LogP contribution in [0.15, 0.2) is 42.5 Å². The molecule has 29 heavy (non-hydrogen) atoms. The van der Waals surface area contributed by atoms with Crippen molar-refractivity contribution in [3.8, 4) is 11.5 Å². The highest BCUT2D eigenvalue weighted by Gasteiger charge is 2.21. The van der Waals surface area contributed by atoms with E-state index in [1.54, 1.807) is 0 Å². The molecule has 2 aromatic carbocycles. The summed E-state index contributed by atoms with van der Waals surface area (Å²) in [6.07, 6.45) is 2.24. The normalized spacial score (nSPS) is 15.3. The Morgan fingerprint density at radius 3 is 2.48 bits per heavy atom. The molecular formula is C22H25N3O4. The largest absolute Gasteiger partial charge is 0.486 e. The van der Waals surface area contributed by atoms with E-state index in [2.05, 4.69) is 10.6 Å². The van der Waals surface area contributed by atoms with Gasteiger partial charge in [0.1, 0.15) is 13.2 Å². The van der Waals surface area contributed by atoms with Crippen LogP contribution in [0.2, 0.25) is 0 Å². The van der Waals surface area contributed by atoms with Gasteiger partial charge in [0.05, 0.1) is 0 Å². The average Bonchev–Trinajstić information content (AvgIpc) is 3.18. The summed E-state index contributed by atoms with van der Waals surface area (Å²) in [7, 11) is 0. The van der Waals surface area contributed by atoms with Gasteiger partial charge in [0, 0.05) is 31.7 Å². The fourth-order valence-corrected chi connectivity index (χ4v) is 3.52. The van der Waals surface area contributed by atoms with Crippen molar-refractivity contribution in [3.05, 3.63) is 53.6 Å². The second-order valence-corrected chi connectivity index (χ2v) is 7.15. The van der Waals surface area contributed by atoms with Gasteiger partial charge in [-0.2, -0.15) is 0 Å². The number of benzene rings is 2. The van der Waals surface area contributed by atoms with Crippen LogP contribution in [0.1, 0.15) is 24.0 Å². The molecule has 0 spiro atoms. The zero-order valence-electron chi connectivity index (χ0n) is 16.3. The summed E-state index contributed by atoms with van der Waals surface area (Å²) >= 11 is 0. The number of amides is 3. The molecule has 1 fully saturated rings. The van der Waals surface area contributed by atoms with Crippen molar-refractivity contribution in [2.24, 2.45) is 0 Å². The van der Waals surface area contributed by atoms with E-state index >= 15 is 0 Å². The third kappa shape index (κ3) is 4.80. The third-order valence-corrected chi connectivity index (χ3v) is 5.08. The number of fused-ring (bicyclic) bond motifs is 1. The molecule has 2 aliphatic heterocycles. The molecule has 3 amide bonds. The summed E-state index contributed by atoms with van der Waals surface area (Å²) in [5.74, 6) is 1.70. The maximum Gasteiger partial charge on any atom is 0.315 e. The Bertz CT molecular complexity index is 882. The van der Waals surface area contributed by atoms with Gasteiger partial charge in [-0.15, -0.1) is 0 Å². The monoisotopic (exact) mass is 395 g/mol. The van der Waals surface area contributed by atoms with Crippen LogP contribution in [0.4, 0.5) is 10.5 Å². The first-order valence-corrected chi connectivity index (χ1v) is 9.98. The molecule has 2 aromatic rings. The van der Waals surface area contributed by atoms with Crippen molar-refractivity contribution in [3.63, 3.8) is 0 Å². The molecule has 7 heteroatoms. The Morgan fingerprint density at radius 2 is 1.72 bits per heavy atom. The summed E-state index contributed by atoms with van der Waals surface area (Å²) < 4.78 is 11.1. The maximum atomic E-state index is 12.0. The molecule has 7 nitrogen and oxygen atoms in total. The molecule has 4 rings (SSSR count). The van der Waals surface area contributed by atoms with Gasteiger partial charge in [-0.25, -0.2) is 4.79 Å². The highest BCUT2D eigenvalue weighted by Crippen LogP contribution is 2.30. The average molecular weight is 395 g/mol. The summed E-state index contributed by atoms with van der Waals surface area (Å²) in [5, 5.41) is 5.73. The van der Waals surface area contributed by atoms with E-state index in [-0.39, 0.29) is 11.9 Å². The minimum atomic E-state index is -0.207. The minimum absolute atomic E-state index is 0.174. The Balaban J connectivity index is 1.20. The van der Waals surface area contributed by atoms with Gasteiger partial charge < -0.3 is 25.0 Å². The number of hydrogen-bond donors (Lipinski definition) is 2. The van der Waals surface area contributed by atoms with Crippen molar-refractivity contribution >= 4 is 17.6 Å². The Morgan fingerprint density at radius 1 is 0.966 bits per heavy atom. The smallest absolute Gasteiger partial charge is 0.315 e. The molecule has 2 N–H and O–H groups in total. The Kier molecular flexibility index (Phi) is 5.84. The van der Waals surface area contributed by atoms with Gasteiger partial charge in [0.25, 0.3) is 0 Å². The Hall–Kier alpha value is -3.22. The summed E-state index contributed by atoms with van der Waals surface area (Å²) in [6, 6.07) is 13.4. The van der Waals surface area contributed by atoms with Gasteiger partial charge in [-0.3, -0.25) is 4.79 Å². The standard InChI is InChI=1S/C22H25N3O4/c26-21-2-1-11-25(21)18-6-3-17(4-7-18)15-24-22(27)23-10-9-16-5-8-19-20(14-16)29-13-12-28-19/h3-8,14H,1-2,9-13,15H2,(H2,23,24,27). The van der Waals surface area contributed by atoms with Crippen molar-refractivity contribution in [2.75, 3.05) is 31.2 Å². The van der Waals surface area contributed by atoms with Crippen LogP contribution < -0.4 is 25.0 Å². The molecule has 0 aliphatic carbocycles. The zero-order chi connectivity index (χ0) is 20.1. The lowest BCUT2D eigenvalue weighted by molar-refractivity contribution is -0.117. The minimum Gasteiger partial charge on any atom is -0.486 e. The number of carbonyl (C=O) groups excluding carboxylic acids is 2. The molecule has 2 aliphatic rings. The second kappa shape index (κ2) is 8.86. The van der Waals surface area contributed by atoms with Gasteiger partial charge in [0.2, 0.25) is 5.91 Å². The van der Waals surface area contributed by atoms with E-state index in [4.69, 9.17) is 9.47 Å². The van der Waals surface area contributed by atoms with Gasteiger partial charge in [-0.1, -0.05) is 18.2 Å². The highest BCUT2D eigenvalue weighted by molar-refractivity contribution is 5.95. The molecule has 0 unspecified atom stereocenters. The molecular weight excluding hydrogens is 370 g/mol. The van der Waals surface area contributed by atoms with Crippen LogP contribution in [0.25, 0.3) is 0 Å². The number of carbonyl (C=O) groups is 2. The van der Waals surface area contributed by atoms with Crippen molar-refractivity contribution < 1.29 is 19.1 Å². The maximum absolute atomic E-state index is 12.0. The molecule has 0 atom stereocenters. The van der Waals surface area contributed by atoms with Crippen molar-refractivity contribution in [1.82, 2.24) is 10.6 Å². The van der Waals surface area contributed by atoms with Crippen LogP contribution in [0.5, 0.6) is 11.5 Å². The third-order valence-electron chi connectivity index (χ3n) is 5.08. The number of urea groups is 1. The zero-order valence-corrected chi connectivity index (χ0v) is 16.3. The SMILES string of the molecule is O=C(NCCc1ccc2c(c1)OCCO2)NCc1ccc(N2CCCC2=O)cc1. The summed E-state index contributed by atoms with van der Waals surface area (Å²) in [6.45, 7) is 2.88. The highest BCUT2D eigenvalue weighted by atomic mass is 16.6. The molecule has 0 saturated carbocycles. The van der Waals surface area contributed by atoms with E-state index in [1.807, 2.05) is 47.4 Å². The Labute approximate surface area is 170 Å². The van der Waals surface area contributed by atoms with Crippen LogP contribution in [0.3, 0.4) is 0 Å². The van der Waals surface area contributed by atoms with E-state index in [9.17, 15) is 9.59 Å².